The monoisotopic (exact) mass is 360 g/mol. The van der Waals surface area contributed by atoms with Crippen molar-refractivity contribution in [2.45, 2.75) is 12.8 Å². The molecule has 1 heterocycles. The van der Waals surface area contributed by atoms with Gasteiger partial charge in [-0.2, -0.15) is 0 Å². The largest absolute Gasteiger partial charge is 0.342 e. The van der Waals surface area contributed by atoms with Crippen LogP contribution in [0.2, 0.25) is 5.02 Å². The molecule has 0 spiro atoms. The first-order chi connectivity index (χ1) is 12.0. The molecule has 2 aromatic rings. The maximum Gasteiger partial charge on any atom is 0.229 e. The van der Waals surface area contributed by atoms with Crippen molar-refractivity contribution in [2.75, 3.05) is 18.4 Å². The van der Waals surface area contributed by atoms with E-state index < -0.39 is 11.7 Å². The van der Waals surface area contributed by atoms with Crippen molar-refractivity contribution in [2.24, 2.45) is 5.92 Å². The molecule has 1 aliphatic heterocycles. The maximum absolute atomic E-state index is 13.9. The normalized spacial score (nSPS) is 17.0. The highest BCUT2D eigenvalue weighted by atomic mass is 35.5. The molecule has 2 amide bonds. The average molecular weight is 361 g/mol. The zero-order valence-electron chi connectivity index (χ0n) is 13.5. The summed E-state index contributed by atoms with van der Waals surface area (Å²) in [4.78, 5) is 26.2. The topological polar surface area (TPSA) is 49.4 Å². The predicted molar refractivity (Wildman–Crippen MR) is 94.9 cm³/mol. The second-order valence-corrected chi connectivity index (χ2v) is 6.47. The molecule has 25 heavy (non-hydrogen) atoms. The molecule has 130 valence electrons. The van der Waals surface area contributed by atoms with Crippen LogP contribution in [0.3, 0.4) is 0 Å². The Morgan fingerprint density at radius 1 is 1.20 bits per heavy atom. The highest BCUT2D eigenvalue weighted by Crippen LogP contribution is 2.24. The molecule has 1 saturated heterocycles. The van der Waals surface area contributed by atoms with Crippen molar-refractivity contribution in [3.8, 4) is 0 Å². The lowest BCUT2D eigenvalue weighted by atomic mass is 10.1. The SMILES string of the molecule is O=C(Nc1cccc(Cl)c1F)C1CC(=O)N(CCc2ccccc2)C1. The van der Waals surface area contributed by atoms with Gasteiger partial charge in [-0.05, 0) is 24.1 Å². The van der Waals surface area contributed by atoms with Crippen molar-refractivity contribution in [1.29, 1.82) is 0 Å². The molecule has 0 aliphatic carbocycles. The van der Waals surface area contributed by atoms with Crippen LogP contribution in [-0.2, 0) is 16.0 Å². The highest BCUT2D eigenvalue weighted by molar-refractivity contribution is 6.31. The second-order valence-electron chi connectivity index (χ2n) is 6.07. The first-order valence-electron chi connectivity index (χ1n) is 8.11. The van der Waals surface area contributed by atoms with Gasteiger partial charge in [0.05, 0.1) is 16.6 Å². The van der Waals surface area contributed by atoms with Crippen molar-refractivity contribution in [3.63, 3.8) is 0 Å². The van der Waals surface area contributed by atoms with Crippen LogP contribution < -0.4 is 5.32 Å². The third-order valence-corrected chi connectivity index (χ3v) is 4.60. The molecule has 3 rings (SSSR count). The van der Waals surface area contributed by atoms with E-state index in [-0.39, 0.29) is 28.9 Å². The van der Waals surface area contributed by atoms with Crippen LogP contribution in [0.4, 0.5) is 10.1 Å². The van der Waals surface area contributed by atoms with Gasteiger partial charge in [-0.3, -0.25) is 9.59 Å². The molecule has 0 radical (unpaired) electrons. The molecular formula is C19H18ClFN2O2. The fourth-order valence-corrected chi connectivity index (χ4v) is 3.08. The average Bonchev–Trinajstić information content (AvgIpc) is 2.99. The van der Waals surface area contributed by atoms with E-state index in [1.54, 1.807) is 11.0 Å². The Kier molecular flexibility index (Phi) is 5.34. The maximum atomic E-state index is 13.9. The molecule has 0 saturated carbocycles. The molecule has 2 aromatic carbocycles. The number of hydrogen-bond donors (Lipinski definition) is 1. The molecule has 0 bridgehead atoms. The van der Waals surface area contributed by atoms with Gasteiger partial charge in [0.2, 0.25) is 11.8 Å². The lowest BCUT2D eigenvalue weighted by Crippen LogP contribution is -2.30. The number of nitrogens with zero attached hydrogens (tertiary/aromatic N) is 1. The van der Waals surface area contributed by atoms with Gasteiger partial charge in [0.1, 0.15) is 0 Å². The third-order valence-electron chi connectivity index (χ3n) is 4.31. The highest BCUT2D eigenvalue weighted by Gasteiger charge is 2.34. The Labute approximate surface area is 150 Å². The Morgan fingerprint density at radius 2 is 1.96 bits per heavy atom. The molecule has 6 heteroatoms. The summed E-state index contributed by atoms with van der Waals surface area (Å²) in [6.07, 6.45) is 0.882. The zero-order chi connectivity index (χ0) is 17.8. The van der Waals surface area contributed by atoms with E-state index in [9.17, 15) is 14.0 Å². The van der Waals surface area contributed by atoms with Crippen LogP contribution in [0.1, 0.15) is 12.0 Å². The summed E-state index contributed by atoms with van der Waals surface area (Å²) in [7, 11) is 0. The first-order valence-corrected chi connectivity index (χ1v) is 8.49. The minimum atomic E-state index is -0.664. The Hall–Kier alpha value is -2.40. The predicted octanol–water partition coefficient (Wildman–Crippen LogP) is 3.51. The second kappa shape index (κ2) is 7.66. The Balaban J connectivity index is 1.58. The summed E-state index contributed by atoms with van der Waals surface area (Å²) in [5.41, 5.74) is 1.18. The smallest absolute Gasteiger partial charge is 0.229 e. The number of rotatable bonds is 5. The number of amides is 2. The zero-order valence-corrected chi connectivity index (χ0v) is 14.3. The number of hydrogen-bond acceptors (Lipinski definition) is 2. The molecule has 1 N–H and O–H groups in total. The van der Waals surface area contributed by atoms with E-state index in [0.29, 0.717) is 13.1 Å². The number of nitrogens with one attached hydrogen (secondary N) is 1. The van der Waals surface area contributed by atoms with Crippen molar-refractivity contribution < 1.29 is 14.0 Å². The molecule has 0 aromatic heterocycles. The molecule has 1 aliphatic rings. The van der Waals surface area contributed by atoms with Crippen LogP contribution >= 0.6 is 11.6 Å². The van der Waals surface area contributed by atoms with Gasteiger partial charge in [-0.25, -0.2) is 4.39 Å². The van der Waals surface area contributed by atoms with Gasteiger partial charge in [0, 0.05) is 19.5 Å². The molecule has 1 atom stereocenters. The summed E-state index contributed by atoms with van der Waals surface area (Å²) in [6.45, 7) is 0.915. The minimum absolute atomic E-state index is 0.0349. The number of carbonyl (C=O) groups is 2. The van der Waals surface area contributed by atoms with Crippen LogP contribution in [0.25, 0.3) is 0 Å². The summed E-state index contributed by atoms with van der Waals surface area (Å²) < 4.78 is 13.9. The quantitative estimate of drug-likeness (QED) is 0.887. The van der Waals surface area contributed by atoms with Crippen LogP contribution in [0.15, 0.2) is 48.5 Å². The van der Waals surface area contributed by atoms with Gasteiger partial charge in [-0.15, -0.1) is 0 Å². The fourth-order valence-electron chi connectivity index (χ4n) is 2.91. The molecule has 4 nitrogen and oxygen atoms in total. The van der Waals surface area contributed by atoms with Crippen molar-refractivity contribution >= 4 is 29.1 Å². The lowest BCUT2D eigenvalue weighted by molar-refractivity contribution is -0.128. The standard InChI is InChI=1S/C19H18ClFN2O2/c20-15-7-4-8-16(18(15)21)22-19(25)14-11-17(24)23(12-14)10-9-13-5-2-1-3-6-13/h1-8,14H,9-12H2,(H,22,25). The van der Waals surface area contributed by atoms with Crippen LogP contribution in [0.5, 0.6) is 0 Å². The summed E-state index contributed by atoms with van der Waals surface area (Å²) in [5, 5.41) is 2.48. The van der Waals surface area contributed by atoms with E-state index in [2.05, 4.69) is 5.32 Å². The van der Waals surface area contributed by atoms with E-state index in [1.807, 2.05) is 30.3 Å². The van der Waals surface area contributed by atoms with Crippen LogP contribution in [-0.4, -0.2) is 29.8 Å². The van der Waals surface area contributed by atoms with E-state index in [0.717, 1.165) is 12.0 Å². The Morgan fingerprint density at radius 3 is 2.72 bits per heavy atom. The van der Waals surface area contributed by atoms with Crippen LogP contribution in [0, 0.1) is 11.7 Å². The number of carbonyl (C=O) groups excluding carboxylic acids is 2. The van der Waals surface area contributed by atoms with Gasteiger partial charge in [0.15, 0.2) is 5.82 Å². The third kappa shape index (κ3) is 4.17. The summed E-state index contributed by atoms with van der Waals surface area (Å²) in [5.74, 6) is -1.57. The summed E-state index contributed by atoms with van der Waals surface area (Å²) in [6, 6.07) is 14.3. The van der Waals surface area contributed by atoms with Gasteiger partial charge in [0.25, 0.3) is 0 Å². The fraction of sp³-hybridized carbons (Fsp3) is 0.263. The first kappa shape index (κ1) is 17.4. The molecule has 1 unspecified atom stereocenters. The van der Waals surface area contributed by atoms with Crippen molar-refractivity contribution in [1.82, 2.24) is 4.90 Å². The Bertz CT molecular complexity index is 782. The van der Waals surface area contributed by atoms with E-state index in [1.165, 1.54) is 12.1 Å². The minimum Gasteiger partial charge on any atom is -0.342 e. The number of likely N-dealkylation sites (tertiary alicyclic amines) is 1. The lowest BCUT2D eigenvalue weighted by Gasteiger charge is -2.16. The number of benzene rings is 2. The molecule has 1 fully saturated rings. The van der Waals surface area contributed by atoms with Gasteiger partial charge in [-0.1, -0.05) is 48.0 Å². The van der Waals surface area contributed by atoms with Gasteiger partial charge >= 0.3 is 0 Å². The van der Waals surface area contributed by atoms with E-state index >= 15 is 0 Å². The van der Waals surface area contributed by atoms with E-state index in [4.69, 9.17) is 11.6 Å². The summed E-state index contributed by atoms with van der Waals surface area (Å²) >= 11 is 5.71. The van der Waals surface area contributed by atoms with Crippen molar-refractivity contribution in [3.05, 3.63) is 64.9 Å². The number of anilines is 1. The number of halogens is 2. The molecular weight excluding hydrogens is 343 g/mol. The van der Waals surface area contributed by atoms with Gasteiger partial charge < -0.3 is 10.2 Å².